The van der Waals surface area contributed by atoms with Crippen LogP contribution in [-0.4, -0.2) is 20.8 Å². The van der Waals surface area contributed by atoms with Gasteiger partial charge >= 0.3 is 5.76 Å². The molecule has 0 saturated carbocycles. The molecule has 5 rings (SSSR count). The second kappa shape index (κ2) is 7.01. The lowest BCUT2D eigenvalue weighted by molar-refractivity contribution is 0.0709. The normalized spacial score (nSPS) is 15.4. The van der Waals surface area contributed by atoms with Crippen molar-refractivity contribution in [2.24, 2.45) is 0 Å². The first kappa shape index (κ1) is 17.9. The number of H-pyrrole nitrogens is 1. The Kier molecular flexibility index (Phi) is 4.18. The maximum atomic E-state index is 13.2. The lowest BCUT2D eigenvalue weighted by Crippen LogP contribution is -2.29. The Morgan fingerprint density at radius 3 is 2.90 bits per heavy atom. The average Bonchev–Trinajstić information content (AvgIpc) is 3.26. The summed E-state index contributed by atoms with van der Waals surface area (Å²) in [4.78, 5) is 33.2. The summed E-state index contributed by atoms with van der Waals surface area (Å²) in [5.74, 6) is -0.570. The summed E-state index contributed by atoms with van der Waals surface area (Å²) in [6.45, 7) is 0.352. The van der Waals surface area contributed by atoms with Gasteiger partial charge in [0.25, 0.3) is 5.91 Å². The van der Waals surface area contributed by atoms with E-state index in [-0.39, 0.29) is 11.9 Å². The van der Waals surface area contributed by atoms with Gasteiger partial charge in [0, 0.05) is 24.5 Å². The quantitative estimate of drug-likeness (QED) is 0.570. The van der Waals surface area contributed by atoms with E-state index in [4.69, 9.17) is 4.42 Å². The van der Waals surface area contributed by atoms with Crippen LogP contribution in [0.25, 0.3) is 11.1 Å². The number of pyridine rings is 1. The number of nitriles is 1. The summed E-state index contributed by atoms with van der Waals surface area (Å²) in [6, 6.07) is 16.6. The Morgan fingerprint density at radius 1 is 1.17 bits per heavy atom. The van der Waals surface area contributed by atoms with E-state index in [9.17, 15) is 14.9 Å². The van der Waals surface area contributed by atoms with Gasteiger partial charge < -0.3 is 9.32 Å². The predicted octanol–water partition coefficient (Wildman–Crippen LogP) is 3.33. The molecule has 30 heavy (non-hydrogen) atoms. The van der Waals surface area contributed by atoms with Crippen molar-refractivity contribution in [3.8, 4) is 6.07 Å². The molecule has 1 atom stereocenters. The number of rotatable bonds is 4. The molecule has 3 heterocycles. The molecule has 146 valence electrons. The minimum Gasteiger partial charge on any atom is -0.408 e. The van der Waals surface area contributed by atoms with Crippen LogP contribution < -0.4 is 5.76 Å². The highest BCUT2D eigenvalue weighted by Crippen LogP contribution is 2.37. The zero-order chi connectivity index (χ0) is 20.7. The van der Waals surface area contributed by atoms with Crippen LogP contribution in [0.5, 0.6) is 0 Å². The molecule has 0 saturated heterocycles. The molecule has 0 spiro atoms. The van der Waals surface area contributed by atoms with Gasteiger partial charge in [0.05, 0.1) is 23.2 Å². The summed E-state index contributed by atoms with van der Waals surface area (Å²) >= 11 is 0. The first-order chi connectivity index (χ1) is 14.6. The second-order valence-electron chi connectivity index (χ2n) is 7.23. The highest BCUT2D eigenvalue weighted by atomic mass is 16.4. The number of aromatic nitrogens is 2. The van der Waals surface area contributed by atoms with Crippen LogP contribution in [0.15, 0.2) is 70.1 Å². The molecule has 2 aromatic carbocycles. The fourth-order valence-electron chi connectivity index (χ4n) is 4.04. The Morgan fingerprint density at radius 2 is 2.03 bits per heavy atom. The van der Waals surface area contributed by atoms with E-state index < -0.39 is 5.76 Å². The Labute approximate surface area is 171 Å². The molecule has 1 N–H and O–H groups in total. The minimum atomic E-state index is -0.509. The number of nitrogens with zero attached hydrogens (tertiary/aromatic N) is 3. The number of hydrogen-bond acceptors (Lipinski definition) is 5. The number of nitrogens with one attached hydrogen (secondary N) is 1. The smallest absolute Gasteiger partial charge is 0.408 e. The molecule has 1 amide bonds. The molecule has 0 fully saturated rings. The fourth-order valence-corrected chi connectivity index (χ4v) is 4.04. The third-order valence-electron chi connectivity index (χ3n) is 5.46. The van der Waals surface area contributed by atoms with Crippen LogP contribution in [0.2, 0.25) is 0 Å². The largest absolute Gasteiger partial charge is 0.417 e. The summed E-state index contributed by atoms with van der Waals surface area (Å²) in [6.07, 6.45) is 3.76. The van der Waals surface area contributed by atoms with E-state index >= 15 is 0 Å². The maximum Gasteiger partial charge on any atom is 0.417 e. The minimum absolute atomic E-state index is 0.0615. The van der Waals surface area contributed by atoms with Crippen LogP contribution >= 0.6 is 0 Å². The van der Waals surface area contributed by atoms with Crippen molar-refractivity contribution in [1.29, 1.82) is 5.26 Å². The summed E-state index contributed by atoms with van der Waals surface area (Å²) < 4.78 is 5.16. The van der Waals surface area contributed by atoms with E-state index in [0.717, 1.165) is 16.7 Å². The molecule has 0 radical (unpaired) electrons. The van der Waals surface area contributed by atoms with Crippen molar-refractivity contribution in [1.82, 2.24) is 14.9 Å². The van der Waals surface area contributed by atoms with Gasteiger partial charge in [-0.2, -0.15) is 5.26 Å². The van der Waals surface area contributed by atoms with Crippen LogP contribution in [0, 0.1) is 11.3 Å². The number of carbonyl (C=O) groups is 1. The van der Waals surface area contributed by atoms with Crippen LogP contribution in [0.3, 0.4) is 0 Å². The zero-order valence-electron chi connectivity index (χ0n) is 15.8. The number of hydrogen-bond donors (Lipinski definition) is 1. The van der Waals surface area contributed by atoms with Gasteiger partial charge in [-0.25, -0.2) is 4.79 Å². The van der Waals surface area contributed by atoms with E-state index in [0.29, 0.717) is 35.2 Å². The number of amides is 1. The first-order valence-electron chi connectivity index (χ1n) is 9.48. The van der Waals surface area contributed by atoms with Crippen molar-refractivity contribution in [2.45, 2.75) is 19.0 Å². The monoisotopic (exact) mass is 396 g/mol. The highest BCUT2D eigenvalue weighted by Gasteiger charge is 2.36. The third-order valence-corrected chi connectivity index (χ3v) is 5.46. The van der Waals surface area contributed by atoms with Gasteiger partial charge in [-0.15, -0.1) is 0 Å². The summed E-state index contributed by atoms with van der Waals surface area (Å²) in [5.41, 5.74) is 4.87. The molecule has 7 heteroatoms. The molecular weight excluding hydrogens is 380 g/mol. The SMILES string of the molecule is N#Cc1ccncc1CC1c2ccccc2C(=O)N1Cc1ccc2[nH]c(=O)oc2c1. The number of fused-ring (bicyclic) bond motifs is 2. The van der Waals surface area contributed by atoms with Gasteiger partial charge in [0.15, 0.2) is 5.58 Å². The molecular formula is C23H16N4O3. The Hall–Kier alpha value is -4.18. The molecule has 2 aromatic heterocycles. The topological polar surface area (TPSA) is 103 Å². The molecule has 7 nitrogen and oxygen atoms in total. The molecule has 0 bridgehead atoms. The molecule has 1 aliphatic heterocycles. The Bertz CT molecular complexity index is 1380. The van der Waals surface area contributed by atoms with E-state index in [1.54, 1.807) is 35.5 Å². The second-order valence-corrected chi connectivity index (χ2v) is 7.23. The van der Waals surface area contributed by atoms with Gasteiger partial charge in [-0.1, -0.05) is 24.3 Å². The molecule has 1 unspecified atom stereocenters. The molecule has 4 aromatic rings. The first-order valence-corrected chi connectivity index (χ1v) is 9.48. The highest BCUT2D eigenvalue weighted by molar-refractivity contribution is 5.99. The van der Waals surface area contributed by atoms with Crippen molar-refractivity contribution < 1.29 is 9.21 Å². The van der Waals surface area contributed by atoms with Crippen molar-refractivity contribution in [3.05, 3.63) is 99.3 Å². The van der Waals surface area contributed by atoms with Gasteiger partial charge in [-0.05, 0) is 47.4 Å². The summed E-state index contributed by atoms with van der Waals surface area (Å²) in [5, 5.41) is 9.45. The van der Waals surface area contributed by atoms with E-state index in [1.807, 2.05) is 30.3 Å². The lowest BCUT2D eigenvalue weighted by atomic mass is 9.96. The molecule has 1 aliphatic rings. The standard InChI is InChI=1S/C23H16N4O3/c24-11-15-7-8-25-12-16(15)10-20-17-3-1-2-4-18(17)22(28)27(20)13-14-5-6-19-21(9-14)30-23(29)26-19/h1-9,12,20H,10,13H2,(H,26,29). The van der Waals surface area contributed by atoms with Gasteiger partial charge in [-0.3, -0.25) is 14.8 Å². The fraction of sp³-hybridized carbons (Fsp3) is 0.130. The van der Waals surface area contributed by atoms with Crippen molar-refractivity contribution in [3.63, 3.8) is 0 Å². The number of benzene rings is 2. The third kappa shape index (κ3) is 2.95. The van der Waals surface area contributed by atoms with Crippen LogP contribution in [-0.2, 0) is 13.0 Å². The van der Waals surface area contributed by atoms with E-state index in [1.165, 1.54) is 0 Å². The Balaban J connectivity index is 1.53. The van der Waals surface area contributed by atoms with Crippen LogP contribution in [0.1, 0.15) is 38.7 Å². The number of aromatic amines is 1. The van der Waals surface area contributed by atoms with Crippen molar-refractivity contribution in [2.75, 3.05) is 0 Å². The number of oxazole rings is 1. The maximum absolute atomic E-state index is 13.2. The average molecular weight is 396 g/mol. The number of carbonyl (C=O) groups excluding carboxylic acids is 1. The van der Waals surface area contributed by atoms with Crippen molar-refractivity contribution >= 4 is 17.0 Å². The molecule has 0 aliphatic carbocycles. The lowest BCUT2D eigenvalue weighted by Gasteiger charge is -2.26. The summed E-state index contributed by atoms with van der Waals surface area (Å²) in [7, 11) is 0. The van der Waals surface area contributed by atoms with Gasteiger partial charge in [0.1, 0.15) is 0 Å². The van der Waals surface area contributed by atoms with Gasteiger partial charge in [0.2, 0.25) is 0 Å². The van der Waals surface area contributed by atoms with E-state index in [2.05, 4.69) is 16.0 Å². The van der Waals surface area contributed by atoms with Crippen LogP contribution in [0.4, 0.5) is 0 Å². The predicted molar refractivity (Wildman–Crippen MR) is 109 cm³/mol. The zero-order valence-corrected chi connectivity index (χ0v) is 15.8.